The summed E-state index contributed by atoms with van der Waals surface area (Å²) in [7, 11) is 0. The highest BCUT2D eigenvalue weighted by Gasteiger charge is 2.42. The summed E-state index contributed by atoms with van der Waals surface area (Å²) < 4.78 is 45.8. The van der Waals surface area contributed by atoms with E-state index >= 15 is 0 Å². The van der Waals surface area contributed by atoms with Gasteiger partial charge in [-0.15, -0.1) is 0 Å². The highest BCUT2D eigenvalue weighted by Crippen LogP contribution is 2.36. The SMILES string of the molecule is O=C(Nc1ccc(N2CCCN(C(=O)[C@@H]3CCC[C@H]3C(=O)O)CC2)cc1)c1nc(-c2ccccc2)oc1C(F)(F)F. The van der Waals surface area contributed by atoms with E-state index in [-0.39, 0.29) is 17.5 Å². The van der Waals surface area contributed by atoms with E-state index in [0.717, 1.165) is 12.1 Å². The number of aliphatic carboxylic acids is 1. The van der Waals surface area contributed by atoms with Crippen molar-refractivity contribution in [3.8, 4) is 11.5 Å². The number of anilines is 2. The lowest BCUT2D eigenvalue weighted by atomic mass is 9.94. The van der Waals surface area contributed by atoms with E-state index in [1.165, 1.54) is 12.1 Å². The first-order valence-corrected chi connectivity index (χ1v) is 13.4. The number of oxazole rings is 1. The van der Waals surface area contributed by atoms with Crippen LogP contribution >= 0.6 is 0 Å². The van der Waals surface area contributed by atoms with Gasteiger partial charge in [0.05, 0.1) is 11.8 Å². The van der Waals surface area contributed by atoms with Crippen molar-refractivity contribution in [3.05, 3.63) is 66.1 Å². The van der Waals surface area contributed by atoms with E-state index in [1.54, 1.807) is 47.4 Å². The van der Waals surface area contributed by atoms with E-state index < -0.39 is 41.3 Å². The van der Waals surface area contributed by atoms with E-state index in [9.17, 15) is 32.7 Å². The number of carbonyl (C=O) groups is 3. The lowest BCUT2D eigenvalue weighted by Gasteiger charge is -2.27. The first-order chi connectivity index (χ1) is 19.6. The van der Waals surface area contributed by atoms with Crippen LogP contribution in [-0.2, 0) is 15.8 Å². The predicted octanol–water partition coefficient (Wildman–Crippen LogP) is 5.15. The topological polar surface area (TPSA) is 116 Å². The molecule has 5 rings (SSSR count). The third-order valence-electron chi connectivity index (χ3n) is 7.57. The molecule has 1 saturated heterocycles. The molecule has 41 heavy (non-hydrogen) atoms. The quantitative estimate of drug-likeness (QED) is 0.421. The third kappa shape index (κ3) is 6.21. The summed E-state index contributed by atoms with van der Waals surface area (Å²) in [6, 6.07) is 14.7. The number of hydrogen-bond acceptors (Lipinski definition) is 6. The van der Waals surface area contributed by atoms with E-state index in [2.05, 4.69) is 15.2 Å². The van der Waals surface area contributed by atoms with E-state index in [4.69, 9.17) is 4.42 Å². The van der Waals surface area contributed by atoms with Crippen molar-refractivity contribution >= 4 is 29.2 Å². The standard InChI is InChI=1S/C29H29F3N4O5/c30-29(31,32)24-23(34-26(41-24)18-6-2-1-3-7-18)25(37)33-19-10-12-20(13-11-19)35-14-5-15-36(17-16-35)27(38)21-8-4-9-22(21)28(39)40/h1-3,6-7,10-13,21-22H,4-5,8-9,14-17H2,(H,33,37)(H,39,40)/t21-,22-/m1/s1. The fraction of sp³-hybridized carbons (Fsp3) is 0.379. The summed E-state index contributed by atoms with van der Waals surface area (Å²) in [6.07, 6.45) is -2.36. The second kappa shape index (κ2) is 11.6. The van der Waals surface area contributed by atoms with Gasteiger partial charge in [-0.2, -0.15) is 13.2 Å². The maximum Gasteiger partial charge on any atom is 0.452 e. The number of hydrogen-bond donors (Lipinski definition) is 2. The molecular weight excluding hydrogens is 541 g/mol. The zero-order valence-corrected chi connectivity index (χ0v) is 22.1. The lowest BCUT2D eigenvalue weighted by molar-refractivity contribution is -0.153. The number of nitrogens with zero attached hydrogens (tertiary/aromatic N) is 3. The minimum Gasteiger partial charge on any atom is -0.481 e. The minimum absolute atomic E-state index is 0.101. The van der Waals surface area contributed by atoms with Gasteiger partial charge in [0.15, 0.2) is 5.69 Å². The van der Waals surface area contributed by atoms with Gasteiger partial charge in [-0.3, -0.25) is 14.4 Å². The number of carboxylic acid groups (broad SMARTS) is 1. The van der Waals surface area contributed by atoms with Gasteiger partial charge < -0.3 is 24.6 Å². The van der Waals surface area contributed by atoms with E-state index in [0.29, 0.717) is 51.0 Å². The average Bonchev–Trinajstić information content (AvgIpc) is 3.57. The molecule has 3 aromatic rings. The monoisotopic (exact) mass is 570 g/mol. The molecule has 2 N–H and O–H groups in total. The Morgan fingerprint density at radius 2 is 1.61 bits per heavy atom. The fourth-order valence-corrected chi connectivity index (χ4v) is 5.50. The maximum atomic E-state index is 13.6. The molecule has 12 heteroatoms. The number of halogens is 3. The Bertz CT molecular complexity index is 1410. The van der Waals surface area contributed by atoms with Gasteiger partial charge >= 0.3 is 12.1 Å². The van der Waals surface area contributed by atoms with Crippen LogP contribution in [0.2, 0.25) is 0 Å². The number of alkyl halides is 3. The lowest BCUT2D eigenvalue weighted by Crippen LogP contribution is -2.41. The maximum absolute atomic E-state index is 13.6. The van der Waals surface area contributed by atoms with Crippen LogP contribution in [0.15, 0.2) is 59.0 Å². The van der Waals surface area contributed by atoms with Crippen LogP contribution in [0, 0.1) is 11.8 Å². The molecule has 0 spiro atoms. The number of rotatable bonds is 6. The zero-order valence-electron chi connectivity index (χ0n) is 22.1. The molecular formula is C29H29F3N4O5. The summed E-state index contributed by atoms with van der Waals surface area (Å²) in [6.45, 7) is 2.20. The molecule has 1 aromatic heterocycles. The van der Waals surface area contributed by atoms with Gasteiger partial charge in [-0.05, 0) is 55.7 Å². The van der Waals surface area contributed by atoms with Crippen molar-refractivity contribution in [2.45, 2.75) is 31.9 Å². The normalized spacial score (nSPS) is 19.6. The molecule has 216 valence electrons. The molecule has 1 aliphatic heterocycles. The van der Waals surface area contributed by atoms with Crippen LogP contribution < -0.4 is 10.2 Å². The van der Waals surface area contributed by atoms with Crippen LogP contribution in [-0.4, -0.2) is 59.0 Å². The van der Waals surface area contributed by atoms with Crippen molar-refractivity contribution in [2.75, 3.05) is 36.4 Å². The van der Waals surface area contributed by atoms with Gasteiger partial charge in [0.2, 0.25) is 17.6 Å². The molecule has 2 atom stereocenters. The van der Waals surface area contributed by atoms with Crippen LogP contribution in [0.25, 0.3) is 11.5 Å². The highest BCUT2D eigenvalue weighted by molar-refractivity contribution is 6.04. The van der Waals surface area contributed by atoms with Gasteiger partial charge in [-0.25, -0.2) is 4.98 Å². The molecule has 9 nitrogen and oxygen atoms in total. The Balaban J connectivity index is 1.24. The molecule has 0 bridgehead atoms. The molecule has 1 saturated carbocycles. The Kier molecular flexibility index (Phi) is 8.00. The first kappa shape index (κ1) is 28.2. The molecule has 2 aliphatic rings. The number of benzene rings is 2. The Morgan fingerprint density at radius 1 is 0.902 bits per heavy atom. The Morgan fingerprint density at radius 3 is 2.29 bits per heavy atom. The van der Waals surface area contributed by atoms with E-state index in [1.807, 2.05) is 0 Å². The van der Waals surface area contributed by atoms with Crippen LogP contribution in [0.3, 0.4) is 0 Å². The molecule has 0 radical (unpaired) electrons. The largest absolute Gasteiger partial charge is 0.481 e. The highest BCUT2D eigenvalue weighted by atomic mass is 19.4. The van der Waals surface area contributed by atoms with Crippen molar-refractivity contribution in [1.29, 1.82) is 0 Å². The first-order valence-electron chi connectivity index (χ1n) is 13.4. The molecule has 1 aliphatic carbocycles. The van der Waals surface area contributed by atoms with Crippen molar-refractivity contribution in [1.82, 2.24) is 9.88 Å². The molecule has 2 heterocycles. The van der Waals surface area contributed by atoms with Crippen LogP contribution in [0.5, 0.6) is 0 Å². The molecule has 2 amide bonds. The minimum atomic E-state index is -4.91. The summed E-state index contributed by atoms with van der Waals surface area (Å²) in [4.78, 5) is 45.1. The Labute approximate surface area is 234 Å². The summed E-state index contributed by atoms with van der Waals surface area (Å²) >= 11 is 0. The molecule has 2 fully saturated rings. The number of amides is 2. The number of nitrogens with one attached hydrogen (secondary N) is 1. The fourth-order valence-electron chi connectivity index (χ4n) is 5.50. The third-order valence-corrected chi connectivity index (χ3v) is 7.57. The second-order valence-electron chi connectivity index (χ2n) is 10.2. The number of carboxylic acids is 1. The predicted molar refractivity (Wildman–Crippen MR) is 143 cm³/mol. The average molecular weight is 571 g/mol. The van der Waals surface area contributed by atoms with Gasteiger partial charge in [-0.1, -0.05) is 24.6 Å². The van der Waals surface area contributed by atoms with Crippen molar-refractivity contribution < 1.29 is 37.1 Å². The van der Waals surface area contributed by atoms with Crippen LogP contribution in [0.1, 0.15) is 41.9 Å². The summed E-state index contributed by atoms with van der Waals surface area (Å²) in [5, 5.41) is 11.9. The Hall–Kier alpha value is -4.35. The number of aromatic nitrogens is 1. The molecule has 2 aromatic carbocycles. The van der Waals surface area contributed by atoms with Gasteiger partial charge in [0, 0.05) is 43.1 Å². The molecule has 0 unspecified atom stereocenters. The van der Waals surface area contributed by atoms with Crippen LogP contribution in [0.4, 0.5) is 24.5 Å². The smallest absolute Gasteiger partial charge is 0.452 e. The van der Waals surface area contributed by atoms with Crippen molar-refractivity contribution in [2.24, 2.45) is 11.8 Å². The summed E-state index contributed by atoms with van der Waals surface area (Å²) in [5.74, 6) is -4.95. The van der Waals surface area contributed by atoms with Gasteiger partial charge in [0.1, 0.15) is 0 Å². The number of carbonyl (C=O) groups excluding carboxylic acids is 2. The van der Waals surface area contributed by atoms with Crippen molar-refractivity contribution in [3.63, 3.8) is 0 Å². The zero-order chi connectivity index (χ0) is 29.1. The van der Waals surface area contributed by atoms with Gasteiger partial charge in [0.25, 0.3) is 5.91 Å². The second-order valence-corrected chi connectivity index (χ2v) is 10.2. The summed E-state index contributed by atoms with van der Waals surface area (Å²) in [5.41, 5.74) is 0.559.